The molecule has 0 radical (unpaired) electrons. The number of hydrogen-bond donors (Lipinski definition) is 0. The molecule has 0 saturated carbocycles. The third kappa shape index (κ3) is 4.47. The number of amides is 1. The second-order valence-corrected chi connectivity index (χ2v) is 8.44. The molecule has 3 aromatic rings. The number of nitrogens with zero attached hydrogens (tertiary/aromatic N) is 6. The van der Waals surface area contributed by atoms with E-state index in [1.807, 2.05) is 11.0 Å². The average Bonchev–Trinajstić information content (AvgIpc) is 3.20. The largest absolute Gasteiger partial charge is 0.453 e. The molecule has 170 valence electrons. The van der Waals surface area contributed by atoms with Gasteiger partial charge >= 0.3 is 6.18 Å². The Bertz CT molecular complexity index is 1140. The predicted octanol–water partition coefficient (Wildman–Crippen LogP) is 4.32. The van der Waals surface area contributed by atoms with Crippen molar-refractivity contribution in [3.05, 3.63) is 51.8 Å². The zero-order valence-corrected chi connectivity index (χ0v) is 18.5. The van der Waals surface area contributed by atoms with Gasteiger partial charge in [-0.05, 0) is 36.6 Å². The van der Waals surface area contributed by atoms with Crippen LogP contribution in [-0.2, 0) is 17.5 Å². The van der Waals surface area contributed by atoms with Gasteiger partial charge in [-0.1, -0.05) is 35.3 Å². The Kier molecular flexibility index (Phi) is 6.17. The average molecular weight is 487 g/mol. The first-order valence-electron chi connectivity index (χ1n) is 9.87. The number of halogens is 5. The molecule has 12 heteroatoms. The summed E-state index contributed by atoms with van der Waals surface area (Å²) in [7, 11) is 1.71. The molecule has 1 aromatic carbocycles. The number of carbonyl (C=O) groups is 1. The molecule has 1 fully saturated rings. The van der Waals surface area contributed by atoms with Crippen molar-refractivity contribution in [3.8, 4) is 0 Å². The van der Waals surface area contributed by atoms with E-state index in [1.165, 1.54) is 6.07 Å². The Morgan fingerprint density at radius 1 is 1.16 bits per heavy atom. The number of piperidine rings is 1. The lowest BCUT2D eigenvalue weighted by molar-refractivity contribution is -0.146. The first-order valence-corrected chi connectivity index (χ1v) is 10.6. The highest BCUT2D eigenvalue weighted by molar-refractivity contribution is 6.42. The van der Waals surface area contributed by atoms with Crippen molar-refractivity contribution in [3.63, 3.8) is 0 Å². The summed E-state index contributed by atoms with van der Waals surface area (Å²) in [6, 6.07) is 8.35. The van der Waals surface area contributed by atoms with E-state index in [4.69, 9.17) is 23.2 Å². The van der Waals surface area contributed by atoms with E-state index in [0.29, 0.717) is 52.9 Å². The van der Waals surface area contributed by atoms with Gasteiger partial charge in [0.25, 0.3) is 5.82 Å². The minimum atomic E-state index is -4.65. The number of hydrogen-bond acceptors (Lipinski definition) is 5. The number of carbonyl (C=O) groups excluding carboxylic acids is 1. The molecule has 0 N–H and O–H groups in total. The number of rotatable bonds is 4. The van der Waals surface area contributed by atoms with Crippen LogP contribution in [0, 0.1) is 5.92 Å². The molecule has 1 aliphatic heterocycles. The molecule has 4 rings (SSSR count). The smallest absolute Gasteiger partial charge is 0.355 e. The summed E-state index contributed by atoms with van der Waals surface area (Å²) in [6.45, 7) is 1.32. The van der Waals surface area contributed by atoms with Gasteiger partial charge < -0.3 is 9.80 Å². The molecule has 1 amide bonds. The van der Waals surface area contributed by atoms with E-state index < -0.39 is 12.0 Å². The fraction of sp³-hybridized carbons (Fsp3) is 0.400. The number of anilines is 1. The van der Waals surface area contributed by atoms with Gasteiger partial charge in [0.1, 0.15) is 5.82 Å². The summed E-state index contributed by atoms with van der Waals surface area (Å²) in [4.78, 5) is 16.4. The van der Waals surface area contributed by atoms with Crippen LogP contribution in [0.25, 0.3) is 5.65 Å². The number of aromatic nitrogens is 4. The maximum Gasteiger partial charge on any atom is 0.453 e. The minimum Gasteiger partial charge on any atom is -0.355 e. The monoisotopic (exact) mass is 486 g/mol. The van der Waals surface area contributed by atoms with Crippen LogP contribution in [-0.4, -0.2) is 50.8 Å². The number of alkyl halides is 3. The molecule has 7 nitrogen and oxygen atoms in total. The topological polar surface area (TPSA) is 66.6 Å². The standard InChI is InChI=1S/C20H19Cl2F3N6O/c1-29(11-13-3-2-4-14(21)17(13)22)18(32)12-7-9-30(10-8-12)16-6-5-15-26-27-19(20(23,24)25)31(15)28-16/h2-6,12H,7-11H2,1H3. The van der Waals surface area contributed by atoms with Gasteiger partial charge in [-0.25, -0.2) is 0 Å². The molecule has 0 aliphatic carbocycles. The highest BCUT2D eigenvalue weighted by Gasteiger charge is 2.38. The molecule has 1 saturated heterocycles. The van der Waals surface area contributed by atoms with Gasteiger partial charge in [-0.2, -0.15) is 17.7 Å². The van der Waals surface area contributed by atoms with E-state index in [2.05, 4.69) is 15.3 Å². The van der Waals surface area contributed by atoms with Crippen molar-refractivity contribution >= 4 is 40.6 Å². The number of fused-ring (bicyclic) bond motifs is 1. The molecule has 0 bridgehead atoms. The van der Waals surface area contributed by atoms with Crippen LogP contribution in [0.4, 0.5) is 19.0 Å². The van der Waals surface area contributed by atoms with Crippen molar-refractivity contribution in [1.82, 2.24) is 24.7 Å². The van der Waals surface area contributed by atoms with Crippen LogP contribution >= 0.6 is 23.2 Å². The second-order valence-electron chi connectivity index (χ2n) is 7.65. The number of benzene rings is 1. The molecular formula is C20H19Cl2F3N6O. The van der Waals surface area contributed by atoms with Gasteiger partial charge in [0.05, 0.1) is 10.0 Å². The molecule has 2 aromatic heterocycles. The van der Waals surface area contributed by atoms with E-state index in [1.54, 1.807) is 30.1 Å². The molecule has 0 atom stereocenters. The molecule has 1 aliphatic rings. The van der Waals surface area contributed by atoms with Crippen LogP contribution in [0.2, 0.25) is 10.0 Å². The third-order valence-electron chi connectivity index (χ3n) is 5.49. The third-order valence-corrected chi connectivity index (χ3v) is 6.34. The van der Waals surface area contributed by atoms with E-state index in [-0.39, 0.29) is 17.5 Å². The van der Waals surface area contributed by atoms with Crippen molar-refractivity contribution in [2.24, 2.45) is 5.92 Å². The summed E-state index contributed by atoms with van der Waals surface area (Å²) in [5.74, 6) is -0.991. The Morgan fingerprint density at radius 3 is 2.56 bits per heavy atom. The van der Waals surface area contributed by atoms with Crippen LogP contribution in [0.1, 0.15) is 24.2 Å². The fourth-order valence-electron chi connectivity index (χ4n) is 3.80. The Hall–Kier alpha value is -2.59. The molecular weight excluding hydrogens is 468 g/mol. The van der Waals surface area contributed by atoms with Gasteiger partial charge in [0, 0.05) is 32.6 Å². The predicted molar refractivity (Wildman–Crippen MR) is 114 cm³/mol. The normalized spacial score (nSPS) is 15.4. The summed E-state index contributed by atoms with van der Waals surface area (Å²) >= 11 is 12.3. The molecule has 3 heterocycles. The lowest BCUT2D eigenvalue weighted by atomic mass is 9.95. The zero-order valence-electron chi connectivity index (χ0n) is 17.0. The molecule has 0 unspecified atom stereocenters. The first kappa shape index (κ1) is 22.6. The van der Waals surface area contributed by atoms with Crippen molar-refractivity contribution in [1.29, 1.82) is 0 Å². The maximum atomic E-state index is 13.1. The summed E-state index contributed by atoms with van der Waals surface area (Å²) < 4.78 is 40.0. The van der Waals surface area contributed by atoms with Gasteiger partial charge in [0.15, 0.2) is 5.65 Å². The van der Waals surface area contributed by atoms with Crippen molar-refractivity contribution in [2.75, 3.05) is 25.0 Å². The van der Waals surface area contributed by atoms with Crippen molar-refractivity contribution < 1.29 is 18.0 Å². The van der Waals surface area contributed by atoms with Crippen LogP contribution < -0.4 is 4.90 Å². The fourth-order valence-corrected chi connectivity index (χ4v) is 4.18. The highest BCUT2D eigenvalue weighted by atomic mass is 35.5. The van der Waals surface area contributed by atoms with Crippen LogP contribution in [0.15, 0.2) is 30.3 Å². The maximum absolute atomic E-state index is 13.1. The van der Waals surface area contributed by atoms with Gasteiger partial charge in [-0.3, -0.25) is 4.79 Å². The zero-order chi connectivity index (χ0) is 23.0. The van der Waals surface area contributed by atoms with Crippen LogP contribution in [0.3, 0.4) is 0 Å². The minimum absolute atomic E-state index is 0.0118. The molecule has 32 heavy (non-hydrogen) atoms. The Balaban J connectivity index is 1.41. The van der Waals surface area contributed by atoms with Crippen molar-refractivity contribution in [2.45, 2.75) is 25.6 Å². The van der Waals surface area contributed by atoms with E-state index in [9.17, 15) is 18.0 Å². The lowest BCUT2D eigenvalue weighted by Crippen LogP contribution is -2.41. The first-order chi connectivity index (χ1) is 15.1. The summed E-state index contributed by atoms with van der Waals surface area (Å²) in [6.07, 6.45) is -3.54. The van der Waals surface area contributed by atoms with Gasteiger partial charge in [-0.15, -0.1) is 15.3 Å². The summed E-state index contributed by atoms with van der Waals surface area (Å²) in [5, 5.41) is 11.7. The molecule has 0 spiro atoms. The van der Waals surface area contributed by atoms with Gasteiger partial charge in [0.2, 0.25) is 5.91 Å². The Labute approximate surface area is 191 Å². The lowest BCUT2D eigenvalue weighted by Gasteiger charge is -2.33. The highest BCUT2D eigenvalue weighted by Crippen LogP contribution is 2.30. The quantitative estimate of drug-likeness (QED) is 0.549. The summed E-state index contributed by atoms with van der Waals surface area (Å²) in [5.41, 5.74) is 0.784. The second kappa shape index (κ2) is 8.74. The van der Waals surface area contributed by atoms with E-state index in [0.717, 1.165) is 5.56 Å². The Morgan fingerprint density at radius 2 is 1.88 bits per heavy atom. The van der Waals surface area contributed by atoms with E-state index >= 15 is 0 Å². The SMILES string of the molecule is CN(Cc1cccc(Cl)c1Cl)C(=O)C1CCN(c2ccc3nnc(C(F)(F)F)n3n2)CC1. The van der Waals surface area contributed by atoms with Crippen LogP contribution in [0.5, 0.6) is 0 Å².